The molecule has 4 rings (SSSR count). The van der Waals surface area contributed by atoms with Gasteiger partial charge < -0.3 is 10.2 Å². The van der Waals surface area contributed by atoms with Crippen molar-refractivity contribution in [3.63, 3.8) is 0 Å². The van der Waals surface area contributed by atoms with E-state index in [2.05, 4.69) is 31.4 Å². The Morgan fingerprint density at radius 3 is 2.62 bits per heavy atom. The fraction of sp³-hybridized carbons (Fsp3) is 0.200. The second-order valence-corrected chi connectivity index (χ2v) is 8.60. The Balaban J connectivity index is 1.38. The quantitative estimate of drug-likeness (QED) is 0.602. The van der Waals surface area contributed by atoms with Gasteiger partial charge in [-0.05, 0) is 42.0 Å². The molecule has 2 aromatic carbocycles. The monoisotopic (exact) mass is 474 g/mol. The van der Waals surface area contributed by atoms with Crippen molar-refractivity contribution in [3.05, 3.63) is 69.4 Å². The van der Waals surface area contributed by atoms with Crippen molar-refractivity contribution in [3.8, 4) is 0 Å². The summed E-state index contributed by atoms with van der Waals surface area (Å²) in [6.45, 7) is 0.450. The summed E-state index contributed by atoms with van der Waals surface area (Å²) in [5.74, 6) is -0.671. The molecule has 1 unspecified atom stereocenters. The van der Waals surface area contributed by atoms with Crippen LogP contribution in [0.15, 0.2) is 53.0 Å². The summed E-state index contributed by atoms with van der Waals surface area (Å²) in [5, 5.41) is 12.1. The van der Waals surface area contributed by atoms with Gasteiger partial charge in [0.1, 0.15) is 10.8 Å². The first-order chi connectivity index (χ1) is 14.0. The molecule has 2 amide bonds. The van der Waals surface area contributed by atoms with Crippen molar-refractivity contribution in [1.29, 1.82) is 0 Å². The number of nitrogens with zero attached hydrogens (tertiary/aromatic N) is 3. The van der Waals surface area contributed by atoms with Crippen LogP contribution >= 0.6 is 27.3 Å². The predicted molar refractivity (Wildman–Crippen MR) is 112 cm³/mol. The fourth-order valence-corrected chi connectivity index (χ4v) is 4.26. The molecule has 3 aromatic rings. The molecule has 0 bridgehead atoms. The number of rotatable bonds is 5. The summed E-state index contributed by atoms with van der Waals surface area (Å²) in [6.07, 6.45) is 0.543. The number of hydrogen-bond acceptors (Lipinski definition) is 5. The lowest BCUT2D eigenvalue weighted by atomic mass is 10.1. The van der Waals surface area contributed by atoms with Gasteiger partial charge in [-0.1, -0.05) is 39.4 Å². The lowest BCUT2D eigenvalue weighted by molar-refractivity contribution is -0.117. The number of carbonyl (C=O) groups is 2. The van der Waals surface area contributed by atoms with Crippen molar-refractivity contribution in [2.24, 2.45) is 0 Å². The van der Waals surface area contributed by atoms with Crippen LogP contribution in [0, 0.1) is 5.82 Å². The van der Waals surface area contributed by atoms with Gasteiger partial charge in [0.05, 0.1) is 6.42 Å². The molecule has 1 aromatic heterocycles. The van der Waals surface area contributed by atoms with Crippen LogP contribution in [-0.4, -0.2) is 28.6 Å². The second-order valence-electron chi connectivity index (χ2n) is 6.68. The molecule has 0 spiro atoms. The minimum atomic E-state index is -0.343. The van der Waals surface area contributed by atoms with Gasteiger partial charge in [-0.15, -0.1) is 10.2 Å². The number of amides is 2. The number of aromatic nitrogens is 2. The maximum Gasteiger partial charge on any atom is 0.230 e. The van der Waals surface area contributed by atoms with Gasteiger partial charge in [-0.3, -0.25) is 9.59 Å². The van der Waals surface area contributed by atoms with E-state index in [-0.39, 0.29) is 30.0 Å². The average molecular weight is 475 g/mol. The van der Waals surface area contributed by atoms with E-state index in [1.165, 1.54) is 23.5 Å². The molecule has 1 N–H and O–H groups in total. The minimum absolute atomic E-state index is 0.0439. The molecule has 1 aliphatic rings. The minimum Gasteiger partial charge on any atom is -0.312 e. The second kappa shape index (κ2) is 8.38. The van der Waals surface area contributed by atoms with E-state index in [9.17, 15) is 14.0 Å². The van der Waals surface area contributed by atoms with Crippen LogP contribution in [0.2, 0.25) is 0 Å². The third kappa shape index (κ3) is 4.68. The molecule has 1 atom stereocenters. The van der Waals surface area contributed by atoms with Crippen LogP contribution in [0.1, 0.15) is 22.9 Å². The average Bonchev–Trinajstić information content (AvgIpc) is 3.31. The third-order valence-electron chi connectivity index (χ3n) is 4.58. The molecular weight excluding hydrogens is 459 g/mol. The largest absolute Gasteiger partial charge is 0.312 e. The van der Waals surface area contributed by atoms with E-state index in [0.717, 1.165) is 10.0 Å². The smallest absolute Gasteiger partial charge is 0.230 e. The third-order valence-corrected chi connectivity index (χ3v) is 6.11. The zero-order valence-electron chi connectivity index (χ0n) is 15.1. The van der Waals surface area contributed by atoms with Gasteiger partial charge in [0, 0.05) is 29.0 Å². The van der Waals surface area contributed by atoms with Gasteiger partial charge >= 0.3 is 0 Å². The highest BCUT2D eigenvalue weighted by atomic mass is 79.9. The van der Waals surface area contributed by atoms with Crippen molar-refractivity contribution in [2.45, 2.75) is 18.8 Å². The van der Waals surface area contributed by atoms with E-state index in [0.29, 0.717) is 28.8 Å². The van der Waals surface area contributed by atoms with Gasteiger partial charge in [0.15, 0.2) is 0 Å². The first-order valence-corrected chi connectivity index (χ1v) is 10.5. The number of benzene rings is 2. The van der Waals surface area contributed by atoms with Crippen molar-refractivity contribution in [2.75, 3.05) is 16.8 Å². The number of hydrogen-bond donors (Lipinski definition) is 1. The number of halogens is 2. The van der Waals surface area contributed by atoms with Crippen molar-refractivity contribution < 1.29 is 14.0 Å². The Bertz CT molecular complexity index is 1040. The maximum absolute atomic E-state index is 13.1. The first-order valence-electron chi connectivity index (χ1n) is 8.91. The number of nitrogens with one attached hydrogen (secondary N) is 1. The molecule has 2 heterocycles. The van der Waals surface area contributed by atoms with Crippen LogP contribution in [0.3, 0.4) is 0 Å². The predicted octanol–water partition coefficient (Wildman–Crippen LogP) is 4.14. The molecule has 29 heavy (non-hydrogen) atoms. The molecular formula is C20H16BrFN4O2S. The molecule has 1 fully saturated rings. The standard InChI is InChI=1S/C20H16BrFN4O2S/c21-14-3-1-12(2-4-14)9-17(27)23-20-25-24-19(29-20)13-10-18(28)26(11-13)16-7-5-15(22)6-8-16/h1-8,13H,9-11H2,(H,23,25,27). The normalized spacial score (nSPS) is 16.3. The van der Waals surface area contributed by atoms with E-state index in [1.54, 1.807) is 17.0 Å². The highest BCUT2D eigenvalue weighted by Crippen LogP contribution is 2.34. The van der Waals surface area contributed by atoms with E-state index in [1.807, 2.05) is 24.3 Å². The molecule has 148 valence electrons. The SMILES string of the molecule is O=C(Cc1ccc(Br)cc1)Nc1nnc(C2CC(=O)N(c3ccc(F)cc3)C2)s1. The molecule has 6 nitrogen and oxygen atoms in total. The van der Waals surface area contributed by atoms with Crippen LogP contribution < -0.4 is 10.2 Å². The molecule has 1 saturated heterocycles. The fourth-order valence-electron chi connectivity index (χ4n) is 3.14. The summed E-state index contributed by atoms with van der Waals surface area (Å²) in [4.78, 5) is 26.2. The van der Waals surface area contributed by atoms with Crippen LogP contribution in [0.25, 0.3) is 0 Å². The van der Waals surface area contributed by atoms with Gasteiger partial charge in [0.2, 0.25) is 16.9 Å². The van der Waals surface area contributed by atoms with E-state index < -0.39 is 0 Å². The van der Waals surface area contributed by atoms with Crippen LogP contribution in [-0.2, 0) is 16.0 Å². The zero-order valence-corrected chi connectivity index (χ0v) is 17.5. The Kier molecular flexibility index (Phi) is 5.68. The Morgan fingerprint density at radius 2 is 1.90 bits per heavy atom. The van der Waals surface area contributed by atoms with Gasteiger partial charge in [-0.25, -0.2) is 4.39 Å². The number of anilines is 2. The topological polar surface area (TPSA) is 75.2 Å². The lowest BCUT2D eigenvalue weighted by Crippen LogP contribution is -2.24. The maximum atomic E-state index is 13.1. The number of carbonyl (C=O) groups excluding carboxylic acids is 2. The summed E-state index contributed by atoms with van der Waals surface area (Å²) in [5.41, 5.74) is 1.55. The molecule has 0 aliphatic carbocycles. The molecule has 0 radical (unpaired) electrons. The lowest BCUT2D eigenvalue weighted by Gasteiger charge is -2.16. The van der Waals surface area contributed by atoms with E-state index >= 15 is 0 Å². The Hall–Kier alpha value is -2.65. The Morgan fingerprint density at radius 1 is 1.17 bits per heavy atom. The molecule has 9 heteroatoms. The van der Waals surface area contributed by atoms with Crippen LogP contribution in [0.4, 0.5) is 15.2 Å². The zero-order chi connectivity index (χ0) is 20.4. The molecule has 0 saturated carbocycles. The highest BCUT2D eigenvalue weighted by Gasteiger charge is 2.34. The molecule has 1 aliphatic heterocycles. The first kappa shape index (κ1) is 19.7. The summed E-state index contributed by atoms with van der Waals surface area (Å²) >= 11 is 4.64. The van der Waals surface area contributed by atoms with Gasteiger partial charge in [0.25, 0.3) is 0 Å². The summed E-state index contributed by atoms with van der Waals surface area (Å²) in [6, 6.07) is 13.4. The highest BCUT2D eigenvalue weighted by molar-refractivity contribution is 9.10. The summed E-state index contributed by atoms with van der Waals surface area (Å²) < 4.78 is 14.1. The Labute approximate surface area is 178 Å². The summed E-state index contributed by atoms with van der Waals surface area (Å²) in [7, 11) is 0. The van der Waals surface area contributed by atoms with Crippen molar-refractivity contribution >= 4 is 49.9 Å². The van der Waals surface area contributed by atoms with Crippen LogP contribution in [0.5, 0.6) is 0 Å². The van der Waals surface area contributed by atoms with Crippen molar-refractivity contribution in [1.82, 2.24) is 10.2 Å². The van der Waals surface area contributed by atoms with Gasteiger partial charge in [-0.2, -0.15) is 0 Å². The van der Waals surface area contributed by atoms with E-state index in [4.69, 9.17) is 0 Å².